The van der Waals surface area contributed by atoms with E-state index in [4.69, 9.17) is 9.47 Å². The van der Waals surface area contributed by atoms with Crippen molar-refractivity contribution in [3.8, 4) is 0 Å². The second kappa shape index (κ2) is 7.31. The molecule has 2 aliphatic rings. The van der Waals surface area contributed by atoms with E-state index in [0.717, 1.165) is 15.5 Å². The fraction of sp³-hybridized carbons (Fsp3) is 0.400. The van der Waals surface area contributed by atoms with Crippen LogP contribution in [0.1, 0.15) is 40.3 Å². The molecule has 10 heteroatoms. The van der Waals surface area contributed by atoms with E-state index < -0.39 is 47.1 Å². The van der Waals surface area contributed by atoms with Gasteiger partial charge in [-0.2, -0.15) is 0 Å². The Kier molecular flexibility index (Phi) is 4.92. The van der Waals surface area contributed by atoms with Gasteiger partial charge in [0.25, 0.3) is 17.4 Å². The summed E-state index contributed by atoms with van der Waals surface area (Å²) in [6, 6.07) is 7.63. The number of aromatic amines is 1. The number of imide groups is 1. The van der Waals surface area contributed by atoms with Crippen molar-refractivity contribution in [1.29, 1.82) is 0 Å². The Labute approximate surface area is 170 Å². The molecule has 1 aromatic carbocycles. The van der Waals surface area contributed by atoms with Gasteiger partial charge in [0.15, 0.2) is 6.23 Å². The highest BCUT2D eigenvalue weighted by molar-refractivity contribution is 6.21. The normalized spacial score (nSPS) is 28.2. The van der Waals surface area contributed by atoms with Gasteiger partial charge in [-0.05, 0) is 18.6 Å². The number of carbonyl (C=O) groups excluding carboxylic acids is 2. The molecule has 4 rings (SSSR count). The first-order valence-corrected chi connectivity index (χ1v) is 9.48. The van der Waals surface area contributed by atoms with Gasteiger partial charge in [-0.25, -0.2) is 4.79 Å². The van der Waals surface area contributed by atoms with E-state index in [1.165, 1.54) is 13.3 Å². The fourth-order valence-corrected chi connectivity index (χ4v) is 4.11. The number of aliphatic hydroxyl groups excluding tert-OH is 1. The molecule has 1 unspecified atom stereocenters. The van der Waals surface area contributed by atoms with Gasteiger partial charge in [0.1, 0.15) is 17.8 Å². The lowest BCUT2D eigenvalue weighted by Gasteiger charge is -2.34. The van der Waals surface area contributed by atoms with Gasteiger partial charge >= 0.3 is 5.69 Å². The molecule has 0 aliphatic carbocycles. The Morgan fingerprint density at radius 1 is 1.13 bits per heavy atom. The van der Waals surface area contributed by atoms with Crippen LogP contribution in [0.4, 0.5) is 0 Å². The standard InChI is InChI=1S/C20H21N3O7/c1-3-20(10-23-16(26)11-6-4-5-7-12(11)17(23)27)15(25)14(29-2)18(30-20)22-9-8-13(24)21-19(22)28/h4-9,14-15,18,25H,3,10H2,1-2H3,(H,21,24,28)/t14?,15-,18-,20+/m1/s1. The van der Waals surface area contributed by atoms with Gasteiger partial charge in [0, 0.05) is 19.4 Å². The lowest BCUT2D eigenvalue weighted by molar-refractivity contribution is -0.114. The molecule has 1 saturated heterocycles. The van der Waals surface area contributed by atoms with Crippen molar-refractivity contribution >= 4 is 11.8 Å². The predicted octanol–water partition coefficient (Wildman–Crippen LogP) is -0.114. The van der Waals surface area contributed by atoms with Crippen molar-refractivity contribution in [1.82, 2.24) is 14.5 Å². The number of rotatable bonds is 5. The van der Waals surface area contributed by atoms with Crippen LogP contribution in [0.15, 0.2) is 46.1 Å². The first kappa shape index (κ1) is 20.2. The average molecular weight is 415 g/mol. The molecule has 3 heterocycles. The number of H-pyrrole nitrogens is 1. The second-order valence-electron chi connectivity index (χ2n) is 7.33. The highest BCUT2D eigenvalue weighted by Crippen LogP contribution is 2.41. The largest absolute Gasteiger partial charge is 0.387 e. The molecule has 30 heavy (non-hydrogen) atoms. The molecule has 2 aromatic rings. The number of methoxy groups -OCH3 is 1. The highest BCUT2D eigenvalue weighted by Gasteiger charge is 2.57. The van der Waals surface area contributed by atoms with Crippen LogP contribution in [0.2, 0.25) is 0 Å². The van der Waals surface area contributed by atoms with Gasteiger partial charge in [-0.1, -0.05) is 19.1 Å². The summed E-state index contributed by atoms with van der Waals surface area (Å²) in [5.74, 6) is -0.948. The zero-order chi connectivity index (χ0) is 21.6. The van der Waals surface area contributed by atoms with Crippen LogP contribution in [-0.2, 0) is 9.47 Å². The number of carbonyl (C=O) groups is 2. The monoisotopic (exact) mass is 415 g/mol. The van der Waals surface area contributed by atoms with Gasteiger partial charge < -0.3 is 14.6 Å². The van der Waals surface area contributed by atoms with Gasteiger partial charge in [0.05, 0.1) is 17.7 Å². The van der Waals surface area contributed by atoms with Crippen LogP contribution < -0.4 is 11.2 Å². The van der Waals surface area contributed by atoms with Crippen LogP contribution in [0.3, 0.4) is 0 Å². The van der Waals surface area contributed by atoms with Crippen LogP contribution in [0.5, 0.6) is 0 Å². The first-order valence-electron chi connectivity index (χ1n) is 9.48. The smallest absolute Gasteiger partial charge is 0.330 e. The summed E-state index contributed by atoms with van der Waals surface area (Å²) in [6.45, 7) is 1.53. The van der Waals surface area contributed by atoms with Crippen molar-refractivity contribution in [2.75, 3.05) is 13.7 Å². The maximum atomic E-state index is 12.8. The number of fused-ring (bicyclic) bond motifs is 1. The second-order valence-corrected chi connectivity index (χ2v) is 7.33. The Morgan fingerprint density at radius 2 is 1.77 bits per heavy atom. The van der Waals surface area contributed by atoms with E-state index in [1.807, 2.05) is 0 Å². The fourth-order valence-electron chi connectivity index (χ4n) is 4.11. The van der Waals surface area contributed by atoms with E-state index in [-0.39, 0.29) is 24.1 Å². The lowest BCUT2D eigenvalue weighted by Crippen LogP contribution is -2.52. The molecule has 0 bridgehead atoms. The highest BCUT2D eigenvalue weighted by atomic mass is 16.6. The Balaban J connectivity index is 1.70. The number of nitrogens with one attached hydrogen (secondary N) is 1. The summed E-state index contributed by atoms with van der Waals surface area (Å²) in [6.07, 6.45) is -1.80. The van der Waals surface area contributed by atoms with Crippen molar-refractivity contribution in [2.45, 2.75) is 37.4 Å². The number of nitrogens with zero attached hydrogens (tertiary/aromatic N) is 2. The third-order valence-corrected chi connectivity index (χ3v) is 5.79. The topological polar surface area (TPSA) is 131 Å². The third kappa shape index (κ3) is 2.92. The number of amides is 2. The molecule has 0 spiro atoms. The van der Waals surface area contributed by atoms with Crippen molar-refractivity contribution in [3.05, 3.63) is 68.5 Å². The molecule has 2 amide bonds. The quantitative estimate of drug-likeness (QED) is 0.651. The van der Waals surface area contributed by atoms with E-state index in [1.54, 1.807) is 31.2 Å². The SMILES string of the molecule is CC[C@@]1(CN2C(=O)c3ccccc3C2=O)O[C@@H](n2ccc(=O)[nH]c2=O)C(OC)[C@H]1O. The number of hydrogen-bond acceptors (Lipinski definition) is 7. The molecule has 2 N–H and O–H groups in total. The van der Waals surface area contributed by atoms with E-state index in [2.05, 4.69) is 4.98 Å². The van der Waals surface area contributed by atoms with Gasteiger partial charge in [-0.15, -0.1) is 0 Å². The molecule has 4 atom stereocenters. The zero-order valence-electron chi connectivity index (χ0n) is 16.4. The number of ether oxygens (including phenoxy) is 2. The number of aliphatic hydroxyl groups is 1. The van der Waals surface area contributed by atoms with Gasteiger partial charge in [0.2, 0.25) is 0 Å². The Hall–Kier alpha value is -3.08. The number of aromatic nitrogens is 2. The summed E-state index contributed by atoms with van der Waals surface area (Å²) in [4.78, 5) is 52.4. The Bertz CT molecular complexity index is 1090. The van der Waals surface area contributed by atoms with Crippen LogP contribution in [0, 0.1) is 0 Å². The molecule has 1 fully saturated rings. The maximum Gasteiger partial charge on any atom is 0.330 e. The third-order valence-electron chi connectivity index (χ3n) is 5.79. The zero-order valence-corrected chi connectivity index (χ0v) is 16.4. The van der Waals surface area contributed by atoms with E-state index >= 15 is 0 Å². The molecule has 2 aliphatic heterocycles. The maximum absolute atomic E-state index is 12.8. The summed E-state index contributed by atoms with van der Waals surface area (Å²) in [5, 5.41) is 11.0. The lowest BCUT2D eigenvalue weighted by atomic mass is 9.91. The number of benzene rings is 1. The minimum atomic E-state index is -1.37. The molecule has 0 saturated carbocycles. The Morgan fingerprint density at radius 3 is 2.30 bits per heavy atom. The summed E-state index contributed by atoms with van der Waals surface area (Å²) in [7, 11) is 1.36. The molecular formula is C20H21N3O7. The average Bonchev–Trinajstić information content (AvgIpc) is 3.15. The minimum Gasteiger partial charge on any atom is -0.387 e. The molecule has 158 valence electrons. The van der Waals surface area contributed by atoms with Crippen LogP contribution in [0.25, 0.3) is 0 Å². The van der Waals surface area contributed by atoms with Crippen molar-refractivity contribution in [3.63, 3.8) is 0 Å². The van der Waals surface area contributed by atoms with Gasteiger partial charge in [-0.3, -0.25) is 28.8 Å². The van der Waals surface area contributed by atoms with Crippen LogP contribution in [-0.4, -0.2) is 62.8 Å². The molecule has 1 aromatic heterocycles. The number of hydrogen-bond donors (Lipinski definition) is 2. The van der Waals surface area contributed by atoms with E-state index in [0.29, 0.717) is 0 Å². The van der Waals surface area contributed by atoms with Crippen molar-refractivity contribution < 1.29 is 24.2 Å². The summed E-state index contributed by atoms with van der Waals surface area (Å²) in [5.41, 5.74) is -2.09. The van der Waals surface area contributed by atoms with Crippen LogP contribution >= 0.6 is 0 Å². The van der Waals surface area contributed by atoms with Crippen molar-refractivity contribution in [2.24, 2.45) is 0 Å². The predicted molar refractivity (Wildman–Crippen MR) is 103 cm³/mol. The molecule has 0 radical (unpaired) electrons. The summed E-state index contributed by atoms with van der Waals surface area (Å²) >= 11 is 0. The summed E-state index contributed by atoms with van der Waals surface area (Å²) < 4.78 is 12.6. The van der Waals surface area contributed by atoms with E-state index in [9.17, 15) is 24.3 Å². The minimum absolute atomic E-state index is 0.217. The molecule has 10 nitrogen and oxygen atoms in total. The first-order chi connectivity index (χ1) is 14.3. The molecular weight excluding hydrogens is 394 g/mol.